The van der Waals surface area contributed by atoms with Crippen LogP contribution in [0, 0.1) is 13.8 Å². The van der Waals surface area contributed by atoms with Crippen LogP contribution in [-0.2, 0) is 19.5 Å². The minimum atomic E-state index is 0. The van der Waals surface area contributed by atoms with Crippen LogP contribution in [0.2, 0.25) is 0 Å². The largest absolute Gasteiger partial charge is 0.356 e. The molecule has 0 saturated heterocycles. The van der Waals surface area contributed by atoms with E-state index < -0.39 is 0 Å². The molecule has 0 unspecified atom stereocenters. The molecule has 0 atom stereocenters. The molecule has 0 spiro atoms. The number of benzene rings is 1. The number of hydrogen-bond acceptors (Lipinski definition) is 4. The summed E-state index contributed by atoms with van der Waals surface area (Å²) in [6.07, 6.45) is 6.51. The molecule has 0 fully saturated rings. The SMILES string of the molecule is CN=C(NCCc1nc(C)c(C)s1)NCc1ccc(Cn2ccnc2)cc1.I. The molecule has 2 heterocycles. The highest BCUT2D eigenvalue weighted by atomic mass is 127. The molecule has 6 nitrogen and oxygen atoms in total. The molecule has 2 aromatic heterocycles. The van der Waals surface area contributed by atoms with Crippen molar-refractivity contribution in [2.45, 2.75) is 33.4 Å². The van der Waals surface area contributed by atoms with Gasteiger partial charge in [0.05, 0.1) is 17.0 Å². The third-order valence-corrected chi connectivity index (χ3v) is 5.47. The quantitative estimate of drug-likeness (QED) is 0.290. The molecular weight excluding hydrogens is 483 g/mol. The van der Waals surface area contributed by atoms with Crippen LogP contribution in [-0.4, -0.2) is 34.1 Å². The van der Waals surface area contributed by atoms with Crippen molar-refractivity contribution in [3.8, 4) is 0 Å². The Morgan fingerprint density at radius 2 is 1.89 bits per heavy atom. The Hall–Kier alpha value is -1.94. The number of thiazole rings is 1. The van der Waals surface area contributed by atoms with E-state index in [1.807, 2.05) is 12.5 Å². The summed E-state index contributed by atoms with van der Waals surface area (Å²) in [5, 5.41) is 7.88. The number of hydrogen-bond donors (Lipinski definition) is 2. The summed E-state index contributed by atoms with van der Waals surface area (Å²) >= 11 is 1.77. The van der Waals surface area contributed by atoms with Gasteiger partial charge in [0.1, 0.15) is 0 Å². The van der Waals surface area contributed by atoms with E-state index in [0.717, 1.165) is 37.7 Å². The summed E-state index contributed by atoms with van der Waals surface area (Å²) < 4.78 is 2.06. The molecular formula is C20H27IN6S. The zero-order chi connectivity index (χ0) is 19.1. The maximum absolute atomic E-state index is 4.57. The van der Waals surface area contributed by atoms with Gasteiger partial charge in [-0.15, -0.1) is 35.3 Å². The minimum absolute atomic E-state index is 0. The molecule has 28 heavy (non-hydrogen) atoms. The average Bonchev–Trinajstić information content (AvgIpc) is 3.29. The van der Waals surface area contributed by atoms with Crippen LogP contribution in [0.4, 0.5) is 0 Å². The van der Waals surface area contributed by atoms with E-state index in [0.29, 0.717) is 0 Å². The first-order valence-electron chi connectivity index (χ1n) is 9.05. The van der Waals surface area contributed by atoms with Crippen molar-refractivity contribution in [3.63, 3.8) is 0 Å². The molecule has 3 rings (SSSR count). The van der Waals surface area contributed by atoms with Crippen LogP contribution in [0.3, 0.4) is 0 Å². The lowest BCUT2D eigenvalue weighted by Crippen LogP contribution is -2.37. The molecule has 0 aliphatic rings. The normalized spacial score (nSPS) is 11.2. The predicted molar refractivity (Wildman–Crippen MR) is 127 cm³/mol. The number of guanidine groups is 1. The summed E-state index contributed by atoms with van der Waals surface area (Å²) in [7, 11) is 1.79. The summed E-state index contributed by atoms with van der Waals surface area (Å²) in [5.41, 5.74) is 3.61. The highest BCUT2D eigenvalue weighted by Crippen LogP contribution is 2.16. The number of halogens is 1. The lowest BCUT2D eigenvalue weighted by atomic mass is 10.1. The van der Waals surface area contributed by atoms with Crippen LogP contribution in [0.1, 0.15) is 26.7 Å². The molecule has 0 aliphatic carbocycles. The minimum Gasteiger partial charge on any atom is -0.356 e. The Labute approximate surface area is 187 Å². The van der Waals surface area contributed by atoms with Gasteiger partial charge < -0.3 is 15.2 Å². The van der Waals surface area contributed by atoms with E-state index in [2.05, 4.69) is 68.3 Å². The van der Waals surface area contributed by atoms with Gasteiger partial charge in [-0.1, -0.05) is 24.3 Å². The molecule has 2 N–H and O–H groups in total. The van der Waals surface area contributed by atoms with Crippen molar-refractivity contribution in [2.24, 2.45) is 4.99 Å². The maximum Gasteiger partial charge on any atom is 0.191 e. The van der Waals surface area contributed by atoms with E-state index in [-0.39, 0.29) is 24.0 Å². The Bertz CT molecular complexity index is 851. The van der Waals surface area contributed by atoms with E-state index in [4.69, 9.17) is 0 Å². The van der Waals surface area contributed by atoms with Crippen molar-refractivity contribution < 1.29 is 0 Å². The Balaban J connectivity index is 0.00000280. The van der Waals surface area contributed by atoms with E-state index >= 15 is 0 Å². The zero-order valence-corrected chi connectivity index (χ0v) is 19.6. The topological polar surface area (TPSA) is 67.1 Å². The van der Waals surface area contributed by atoms with E-state index in [9.17, 15) is 0 Å². The van der Waals surface area contributed by atoms with Gasteiger partial charge in [-0.25, -0.2) is 9.97 Å². The predicted octanol–water partition coefficient (Wildman–Crippen LogP) is 3.53. The summed E-state index contributed by atoms with van der Waals surface area (Å²) in [6.45, 7) is 6.57. The lowest BCUT2D eigenvalue weighted by Gasteiger charge is -2.12. The fourth-order valence-corrected chi connectivity index (χ4v) is 3.63. The van der Waals surface area contributed by atoms with Crippen molar-refractivity contribution >= 4 is 41.3 Å². The second kappa shape index (κ2) is 11.2. The molecule has 0 radical (unpaired) electrons. The summed E-state index contributed by atoms with van der Waals surface area (Å²) in [4.78, 5) is 14.2. The number of rotatable bonds is 7. The van der Waals surface area contributed by atoms with Crippen molar-refractivity contribution in [2.75, 3.05) is 13.6 Å². The van der Waals surface area contributed by atoms with Gasteiger partial charge >= 0.3 is 0 Å². The van der Waals surface area contributed by atoms with Gasteiger partial charge in [-0.3, -0.25) is 4.99 Å². The number of imidazole rings is 1. The molecule has 150 valence electrons. The second-order valence-corrected chi connectivity index (χ2v) is 7.69. The van der Waals surface area contributed by atoms with Crippen LogP contribution in [0.25, 0.3) is 0 Å². The summed E-state index contributed by atoms with van der Waals surface area (Å²) in [6, 6.07) is 8.60. The van der Waals surface area contributed by atoms with Crippen LogP contribution >= 0.6 is 35.3 Å². The first-order valence-corrected chi connectivity index (χ1v) is 9.86. The Morgan fingerprint density at radius 1 is 1.14 bits per heavy atom. The van der Waals surface area contributed by atoms with Gasteiger partial charge in [-0.05, 0) is 25.0 Å². The highest BCUT2D eigenvalue weighted by Gasteiger charge is 2.04. The molecule has 0 aliphatic heterocycles. The third-order valence-electron chi connectivity index (χ3n) is 4.34. The molecule has 8 heteroatoms. The lowest BCUT2D eigenvalue weighted by molar-refractivity contribution is 0.785. The van der Waals surface area contributed by atoms with E-state index in [1.165, 1.54) is 21.0 Å². The maximum atomic E-state index is 4.57. The number of nitrogens with zero attached hydrogens (tertiary/aromatic N) is 4. The zero-order valence-electron chi connectivity index (χ0n) is 16.5. The number of aromatic nitrogens is 3. The Kier molecular flexibility index (Phi) is 8.91. The first-order chi connectivity index (χ1) is 13.1. The van der Waals surface area contributed by atoms with Gasteiger partial charge in [0, 0.05) is 50.4 Å². The fourth-order valence-electron chi connectivity index (χ4n) is 2.69. The molecule has 0 amide bonds. The van der Waals surface area contributed by atoms with Crippen molar-refractivity contribution in [1.82, 2.24) is 25.2 Å². The van der Waals surface area contributed by atoms with Crippen molar-refractivity contribution in [3.05, 3.63) is 69.7 Å². The standard InChI is InChI=1S/C20H26N6S.HI/c1-15-16(2)27-19(25-15)8-9-23-20(21-3)24-12-17-4-6-18(7-5-17)13-26-11-10-22-14-26;/h4-7,10-11,14H,8-9,12-13H2,1-3H3,(H2,21,23,24);1H. The van der Waals surface area contributed by atoms with Crippen LogP contribution in [0.5, 0.6) is 0 Å². The van der Waals surface area contributed by atoms with Gasteiger partial charge in [0.2, 0.25) is 0 Å². The smallest absolute Gasteiger partial charge is 0.191 e. The average molecular weight is 510 g/mol. The van der Waals surface area contributed by atoms with Gasteiger partial charge in [0.15, 0.2) is 5.96 Å². The second-order valence-electron chi connectivity index (χ2n) is 6.40. The Morgan fingerprint density at radius 3 is 2.50 bits per heavy atom. The van der Waals surface area contributed by atoms with Gasteiger partial charge in [-0.2, -0.15) is 0 Å². The van der Waals surface area contributed by atoms with E-state index in [1.54, 1.807) is 24.6 Å². The van der Waals surface area contributed by atoms with Crippen LogP contribution < -0.4 is 10.6 Å². The number of aryl methyl sites for hydroxylation is 2. The first kappa shape index (κ1) is 22.4. The fraction of sp³-hybridized carbons (Fsp3) is 0.350. The number of aliphatic imine (C=N–C) groups is 1. The van der Waals surface area contributed by atoms with Gasteiger partial charge in [0.25, 0.3) is 0 Å². The molecule has 3 aromatic rings. The highest BCUT2D eigenvalue weighted by molar-refractivity contribution is 14.0. The monoisotopic (exact) mass is 510 g/mol. The molecule has 1 aromatic carbocycles. The van der Waals surface area contributed by atoms with Crippen LogP contribution in [0.15, 0.2) is 48.0 Å². The summed E-state index contributed by atoms with van der Waals surface area (Å²) in [5.74, 6) is 0.808. The number of nitrogens with one attached hydrogen (secondary N) is 2. The third kappa shape index (κ3) is 6.59. The van der Waals surface area contributed by atoms with Crippen molar-refractivity contribution in [1.29, 1.82) is 0 Å². The molecule has 0 bridgehead atoms. The molecule has 0 saturated carbocycles.